The lowest BCUT2D eigenvalue weighted by Crippen LogP contribution is -2.17. The van der Waals surface area contributed by atoms with Crippen LogP contribution >= 0.6 is 22.6 Å². The van der Waals surface area contributed by atoms with E-state index < -0.39 is 6.09 Å². The van der Waals surface area contributed by atoms with Crippen molar-refractivity contribution in [1.29, 1.82) is 0 Å². The molecule has 3 nitrogen and oxygen atoms in total. The molecule has 0 aliphatic carbocycles. The van der Waals surface area contributed by atoms with Crippen molar-refractivity contribution < 1.29 is 9.53 Å². The first-order valence-electron chi connectivity index (χ1n) is 6.80. The maximum atomic E-state index is 12.0. The van der Waals surface area contributed by atoms with E-state index in [1.165, 1.54) is 0 Å². The van der Waals surface area contributed by atoms with E-state index in [0.717, 1.165) is 20.4 Å². The van der Waals surface area contributed by atoms with Crippen molar-refractivity contribution in [3.8, 4) is 5.75 Å². The van der Waals surface area contributed by atoms with E-state index in [9.17, 15) is 4.79 Å². The Hall–Kier alpha value is -1.56. The number of halogens is 1. The Bertz CT molecular complexity index is 636. The van der Waals surface area contributed by atoms with Crippen molar-refractivity contribution >= 4 is 34.4 Å². The highest BCUT2D eigenvalue weighted by atomic mass is 127. The van der Waals surface area contributed by atoms with Gasteiger partial charge in [0.15, 0.2) is 0 Å². The lowest BCUT2D eigenvalue weighted by molar-refractivity contribution is 0.214. The molecule has 0 heterocycles. The summed E-state index contributed by atoms with van der Waals surface area (Å²) in [5.74, 6) is 0.916. The second-order valence-electron chi connectivity index (χ2n) is 5.22. The van der Waals surface area contributed by atoms with Crippen LogP contribution < -0.4 is 10.1 Å². The van der Waals surface area contributed by atoms with Crippen LogP contribution in [0.15, 0.2) is 42.5 Å². The van der Waals surface area contributed by atoms with Gasteiger partial charge in [0.05, 0.1) is 0 Å². The molecular weight excluding hydrogens is 377 g/mol. The van der Waals surface area contributed by atoms with Crippen molar-refractivity contribution in [3.05, 3.63) is 57.2 Å². The number of hydrogen-bond acceptors (Lipinski definition) is 2. The predicted molar refractivity (Wildman–Crippen MR) is 94.1 cm³/mol. The summed E-state index contributed by atoms with van der Waals surface area (Å²) in [6.45, 7) is 6.14. The summed E-state index contributed by atoms with van der Waals surface area (Å²) in [4.78, 5) is 12.0. The van der Waals surface area contributed by atoms with Crippen LogP contribution in [0.2, 0.25) is 0 Å². The Kier molecular flexibility index (Phi) is 5.22. The van der Waals surface area contributed by atoms with Gasteiger partial charge >= 0.3 is 6.09 Å². The maximum Gasteiger partial charge on any atom is 0.417 e. The molecule has 0 saturated carbocycles. The first-order valence-corrected chi connectivity index (χ1v) is 7.88. The SMILES string of the molecule is Cc1ccc(C(C)C)c(OC(=O)Nc2ccc(I)cc2)c1. The Morgan fingerprint density at radius 3 is 2.43 bits per heavy atom. The van der Waals surface area contributed by atoms with Crippen molar-refractivity contribution in [2.75, 3.05) is 5.32 Å². The van der Waals surface area contributed by atoms with Crippen molar-refractivity contribution in [1.82, 2.24) is 0 Å². The van der Waals surface area contributed by atoms with Crippen LogP contribution in [0.3, 0.4) is 0 Å². The fourth-order valence-corrected chi connectivity index (χ4v) is 2.34. The fraction of sp³-hybridized carbons (Fsp3) is 0.235. The molecule has 4 heteroatoms. The average Bonchev–Trinajstić information content (AvgIpc) is 2.41. The fourth-order valence-electron chi connectivity index (χ4n) is 1.98. The summed E-state index contributed by atoms with van der Waals surface area (Å²) in [6.07, 6.45) is -0.469. The molecule has 2 aromatic carbocycles. The van der Waals surface area contributed by atoms with Gasteiger partial charge in [0.2, 0.25) is 0 Å². The minimum Gasteiger partial charge on any atom is -0.410 e. The number of amides is 1. The molecule has 0 fully saturated rings. The van der Waals surface area contributed by atoms with E-state index in [2.05, 4.69) is 41.8 Å². The second-order valence-corrected chi connectivity index (χ2v) is 6.46. The van der Waals surface area contributed by atoms with Crippen LogP contribution in [0.4, 0.5) is 10.5 Å². The van der Waals surface area contributed by atoms with Gasteiger partial charge < -0.3 is 4.74 Å². The Morgan fingerprint density at radius 1 is 1.14 bits per heavy atom. The number of carbonyl (C=O) groups excluding carboxylic acids is 1. The molecule has 0 saturated heterocycles. The number of hydrogen-bond donors (Lipinski definition) is 1. The van der Waals surface area contributed by atoms with E-state index in [1.807, 2.05) is 49.4 Å². The number of nitrogens with one attached hydrogen (secondary N) is 1. The Labute approximate surface area is 138 Å². The lowest BCUT2D eigenvalue weighted by Gasteiger charge is -2.14. The van der Waals surface area contributed by atoms with Gasteiger partial charge in [0, 0.05) is 9.26 Å². The lowest BCUT2D eigenvalue weighted by atomic mass is 10.0. The van der Waals surface area contributed by atoms with E-state index >= 15 is 0 Å². The summed E-state index contributed by atoms with van der Waals surface area (Å²) in [5, 5.41) is 2.74. The summed E-state index contributed by atoms with van der Waals surface area (Å²) < 4.78 is 6.59. The summed E-state index contributed by atoms with van der Waals surface area (Å²) in [5.41, 5.74) is 2.81. The molecule has 0 aliphatic heterocycles. The Morgan fingerprint density at radius 2 is 1.81 bits per heavy atom. The molecule has 110 valence electrons. The van der Waals surface area contributed by atoms with Crippen molar-refractivity contribution in [2.45, 2.75) is 26.7 Å². The minimum absolute atomic E-state index is 0.298. The zero-order valence-corrected chi connectivity index (χ0v) is 14.5. The molecule has 2 rings (SSSR count). The van der Waals surface area contributed by atoms with Gasteiger partial charge in [0.1, 0.15) is 5.75 Å². The number of ether oxygens (including phenoxy) is 1. The van der Waals surface area contributed by atoms with Gasteiger partial charge in [-0.3, -0.25) is 5.32 Å². The highest BCUT2D eigenvalue weighted by Crippen LogP contribution is 2.27. The zero-order valence-electron chi connectivity index (χ0n) is 12.3. The number of benzene rings is 2. The van der Waals surface area contributed by atoms with Gasteiger partial charge in [0.25, 0.3) is 0 Å². The third-order valence-electron chi connectivity index (χ3n) is 3.08. The highest BCUT2D eigenvalue weighted by Gasteiger charge is 2.12. The van der Waals surface area contributed by atoms with E-state index in [0.29, 0.717) is 11.7 Å². The first-order chi connectivity index (χ1) is 9.95. The highest BCUT2D eigenvalue weighted by molar-refractivity contribution is 14.1. The number of aryl methyl sites for hydroxylation is 1. The van der Waals surface area contributed by atoms with Crippen molar-refractivity contribution in [3.63, 3.8) is 0 Å². The topological polar surface area (TPSA) is 38.3 Å². The third kappa shape index (κ3) is 4.46. The van der Waals surface area contributed by atoms with Crippen LogP contribution in [0.1, 0.15) is 30.9 Å². The number of anilines is 1. The van der Waals surface area contributed by atoms with Crippen LogP contribution in [0.25, 0.3) is 0 Å². The van der Waals surface area contributed by atoms with Gasteiger partial charge in [-0.05, 0) is 76.9 Å². The maximum absolute atomic E-state index is 12.0. The van der Waals surface area contributed by atoms with E-state index in [-0.39, 0.29) is 0 Å². The quantitative estimate of drug-likeness (QED) is 0.714. The predicted octanol–water partition coefficient (Wildman–Crippen LogP) is 5.33. The van der Waals surface area contributed by atoms with E-state index in [1.54, 1.807) is 0 Å². The molecule has 21 heavy (non-hydrogen) atoms. The standard InChI is InChI=1S/C17H18INO2/c1-11(2)15-9-4-12(3)10-16(15)21-17(20)19-14-7-5-13(18)6-8-14/h4-11H,1-3H3,(H,19,20). The second kappa shape index (κ2) is 6.93. The molecule has 0 unspecified atom stereocenters. The molecular formula is C17H18INO2. The van der Waals surface area contributed by atoms with Crippen LogP contribution in [0, 0.1) is 10.5 Å². The van der Waals surface area contributed by atoms with Crippen LogP contribution in [-0.4, -0.2) is 6.09 Å². The monoisotopic (exact) mass is 395 g/mol. The Balaban J connectivity index is 2.12. The molecule has 1 N–H and O–H groups in total. The summed E-state index contributed by atoms with van der Waals surface area (Å²) >= 11 is 2.22. The molecule has 0 aliphatic rings. The smallest absolute Gasteiger partial charge is 0.410 e. The van der Waals surface area contributed by atoms with Gasteiger partial charge in [-0.2, -0.15) is 0 Å². The molecule has 0 spiro atoms. The molecule has 1 amide bonds. The van der Waals surface area contributed by atoms with Crippen molar-refractivity contribution in [2.24, 2.45) is 0 Å². The normalized spacial score (nSPS) is 10.5. The summed E-state index contributed by atoms with van der Waals surface area (Å²) in [7, 11) is 0. The molecule has 0 atom stereocenters. The third-order valence-corrected chi connectivity index (χ3v) is 3.80. The molecule has 0 bridgehead atoms. The van der Waals surface area contributed by atoms with Crippen LogP contribution in [0.5, 0.6) is 5.75 Å². The van der Waals surface area contributed by atoms with Crippen LogP contribution in [-0.2, 0) is 0 Å². The average molecular weight is 395 g/mol. The number of rotatable bonds is 3. The summed E-state index contributed by atoms with van der Waals surface area (Å²) in [6, 6.07) is 13.5. The zero-order chi connectivity index (χ0) is 15.4. The van der Waals surface area contributed by atoms with Gasteiger partial charge in [-0.15, -0.1) is 0 Å². The van der Waals surface area contributed by atoms with Gasteiger partial charge in [-0.1, -0.05) is 26.0 Å². The van der Waals surface area contributed by atoms with Gasteiger partial charge in [-0.25, -0.2) is 4.79 Å². The molecule has 2 aromatic rings. The minimum atomic E-state index is -0.469. The number of carbonyl (C=O) groups is 1. The largest absolute Gasteiger partial charge is 0.417 e. The molecule has 0 radical (unpaired) electrons. The first kappa shape index (κ1) is 15.8. The van der Waals surface area contributed by atoms with E-state index in [4.69, 9.17) is 4.74 Å². The molecule has 0 aromatic heterocycles.